The summed E-state index contributed by atoms with van der Waals surface area (Å²) in [7, 11) is 0. The largest absolute Gasteiger partial charge is 0.370 e. The van der Waals surface area contributed by atoms with Crippen molar-refractivity contribution < 1.29 is 4.79 Å². The summed E-state index contributed by atoms with van der Waals surface area (Å²) < 4.78 is 0. The number of guanidine groups is 1. The molecule has 0 radical (unpaired) electrons. The highest BCUT2D eigenvalue weighted by atomic mass is 127. The molecule has 0 saturated heterocycles. The monoisotopic (exact) mass is 386 g/mol. The topological polar surface area (TPSA) is 79.5 Å². The maximum absolute atomic E-state index is 11.3. The number of nitrogens with zero attached hydrogens (tertiary/aromatic N) is 1. The van der Waals surface area contributed by atoms with Crippen LogP contribution in [0.15, 0.2) is 23.2 Å². The highest BCUT2D eigenvalue weighted by Gasteiger charge is 2.00. The molecule has 0 spiro atoms. The quantitative estimate of drug-likeness (QED) is 0.317. The van der Waals surface area contributed by atoms with E-state index in [0.717, 1.165) is 11.3 Å². The maximum atomic E-state index is 11.3. The number of terminal acetylenes is 1. The molecular formula is C14H19IN4O. The molecule has 108 valence electrons. The molecule has 1 rings (SSSR count). The summed E-state index contributed by atoms with van der Waals surface area (Å²) in [5, 5.41) is 5.43. The van der Waals surface area contributed by atoms with Crippen molar-refractivity contribution in [3.05, 3.63) is 29.3 Å². The Kier molecular flexibility index (Phi) is 8.40. The zero-order valence-electron chi connectivity index (χ0n) is 11.6. The molecule has 0 aromatic heterocycles. The van der Waals surface area contributed by atoms with Crippen molar-refractivity contribution in [2.75, 3.05) is 18.4 Å². The van der Waals surface area contributed by atoms with Crippen LogP contribution < -0.4 is 16.4 Å². The van der Waals surface area contributed by atoms with E-state index in [0.29, 0.717) is 0 Å². The molecule has 4 N–H and O–H groups in total. The van der Waals surface area contributed by atoms with Crippen molar-refractivity contribution in [3.63, 3.8) is 0 Å². The third kappa shape index (κ3) is 6.43. The number of hydrogen-bond acceptors (Lipinski definition) is 2. The van der Waals surface area contributed by atoms with E-state index in [2.05, 4.69) is 21.5 Å². The minimum atomic E-state index is -0.261. The number of carbonyl (C=O) groups excluding carboxylic acids is 1. The van der Waals surface area contributed by atoms with E-state index < -0.39 is 0 Å². The van der Waals surface area contributed by atoms with Crippen LogP contribution >= 0.6 is 24.0 Å². The van der Waals surface area contributed by atoms with E-state index in [1.807, 2.05) is 32.0 Å². The van der Waals surface area contributed by atoms with Crippen molar-refractivity contribution in [1.82, 2.24) is 5.32 Å². The molecule has 0 atom stereocenters. The fourth-order valence-corrected chi connectivity index (χ4v) is 1.37. The number of hydrogen-bond donors (Lipinski definition) is 3. The lowest BCUT2D eigenvalue weighted by Gasteiger charge is -2.08. The first-order valence-corrected chi connectivity index (χ1v) is 5.87. The van der Waals surface area contributed by atoms with Gasteiger partial charge in [0.15, 0.2) is 5.96 Å². The van der Waals surface area contributed by atoms with Gasteiger partial charge in [0.1, 0.15) is 6.54 Å². The molecule has 6 heteroatoms. The Bertz CT molecular complexity index is 534. The van der Waals surface area contributed by atoms with Crippen LogP contribution in [0.4, 0.5) is 5.69 Å². The van der Waals surface area contributed by atoms with Gasteiger partial charge in [0, 0.05) is 5.69 Å². The molecule has 0 fully saturated rings. The van der Waals surface area contributed by atoms with Crippen LogP contribution in [0.3, 0.4) is 0 Å². The molecule has 0 heterocycles. The standard InChI is InChI=1S/C14H18N4O.HI/c1-4-7-16-13(19)9-17-14(15)18-12-6-5-10(2)11(3)8-12;/h1,5-6,8H,7,9H2,2-3H3,(H,16,19)(H3,15,17,18);1H. The van der Waals surface area contributed by atoms with Crippen LogP contribution in [0.1, 0.15) is 11.1 Å². The van der Waals surface area contributed by atoms with Crippen LogP contribution in [0.5, 0.6) is 0 Å². The minimum absolute atomic E-state index is 0. The van der Waals surface area contributed by atoms with Gasteiger partial charge in [0.2, 0.25) is 5.91 Å². The molecule has 0 aliphatic carbocycles. The zero-order chi connectivity index (χ0) is 14.3. The van der Waals surface area contributed by atoms with Crippen molar-refractivity contribution in [2.24, 2.45) is 10.7 Å². The second-order valence-corrected chi connectivity index (χ2v) is 4.11. The van der Waals surface area contributed by atoms with Crippen LogP contribution in [0.2, 0.25) is 0 Å². The van der Waals surface area contributed by atoms with Gasteiger partial charge >= 0.3 is 0 Å². The summed E-state index contributed by atoms with van der Waals surface area (Å²) in [4.78, 5) is 15.2. The van der Waals surface area contributed by atoms with Gasteiger partial charge in [-0.3, -0.25) is 4.79 Å². The Balaban J connectivity index is 0.00000361. The first-order chi connectivity index (χ1) is 9.02. The van der Waals surface area contributed by atoms with Crippen LogP contribution in [0.25, 0.3) is 0 Å². The Morgan fingerprint density at radius 2 is 2.10 bits per heavy atom. The van der Waals surface area contributed by atoms with Gasteiger partial charge in [-0.1, -0.05) is 12.0 Å². The molecule has 0 bridgehead atoms. The molecular weight excluding hydrogens is 367 g/mol. The Hall–Kier alpha value is -1.75. The third-order valence-corrected chi connectivity index (χ3v) is 2.56. The summed E-state index contributed by atoms with van der Waals surface area (Å²) in [5.41, 5.74) is 8.89. The molecule has 20 heavy (non-hydrogen) atoms. The van der Waals surface area contributed by atoms with Crippen molar-refractivity contribution in [2.45, 2.75) is 13.8 Å². The van der Waals surface area contributed by atoms with Crippen LogP contribution in [-0.4, -0.2) is 25.0 Å². The number of amides is 1. The summed E-state index contributed by atoms with van der Waals surface area (Å²) in [6.45, 7) is 4.19. The summed E-state index contributed by atoms with van der Waals surface area (Å²) in [6, 6.07) is 5.86. The van der Waals surface area contributed by atoms with E-state index in [1.54, 1.807) is 0 Å². The van der Waals surface area contributed by atoms with E-state index >= 15 is 0 Å². The molecule has 5 nitrogen and oxygen atoms in total. The van der Waals surface area contributed by atoms with Gasteiger partial charge < -0.3 is 16.4 Å². The van der Waals surface area contributed by atoms with Crippen LogP contribution in [0, 0.1) is 26.2 Å². The Morgan fingerprint density at radius 1 is 1.40 bits per heavy atom. The van der Waals surface area contributed by atoms with E-state index in [1.165, 1.54) is 5.56 Å². The predicted octanol–water partition coefficient (Wildman–Crippen LogP) is 1.40. The Morgan fingerprint density at radius 3 is 2.70 bits per heavy atom. The predicted molar refractivity (Wildman–Crippen MR) is 93.3 cm³/mol. The lowest BCUT2D eigenvalue weighted by Crippen LogP contribution is -2.29. The highest BCUT2D eigenvalue weighted by Crippen LogP contribution is 2.13. The van der Waals surface area contributed by atoms with E-state index in [-0.39, 0.29) is 48.9 Å². The molecule has 0 unspecified atom stereocenters. The number of rotatable bonds is 4. The number of halogens is 1. The number of nitrogens with two attached hydrogens (primary N) is 1. The van der Waals surface area contributed by atoms with Gasteiger partial charge in [-0.25, -0.2) is 4.99 Å². The highest BCUT2D eigenvalue weighted by molar-refractivity contribution is 14.0. The smallest absolute Gasteiger partial charge is 0.242 e. The average Bonchev–Trinajstić information content (AvgIpc) is 2.38. The second kappa shape index (κ2) is 9.20. The fourth-order valence-electron chi connectivity index (χ4n) is 1.37. The second-order valence-electron chi connectivity index (χ2n) is 4.11. The van der Waals surface area contributed by atoms with Gasteiger partial charge in [0.25, 0.3) is 0 Å². The minimum Gasteiger partial charge on any atom is -0.370 e. The fraction of sp³-hybridized carbons (Fsp3) is 0.286. The number of aliphatic imine (C=N–C) groups is 1. The van der Waals surface area contributed by atoms with Crippen molar-refractivity contribution >= 4 is 41.5 Å². The third-order valence-electron chi connectivity index (χ3n) is 2.56. The maximum Gasteiger partial charge on any atom is 0.242 e. The van der Waals surface area contributed by atoms with Crippen molar-refractivity contribution in [3.8, 4) is 12.3 Å². The lowest BCUT2D eigenvalue weighted by atomic mass is 10.1. The van der Waals surface area contributed by atoms with Crippen molar-refractivity contribution in [1.29, 1.82) is 0 Å². The molecule has 1 aromatic carbocycles. The number of carbonyl (C=O) groups is 1. The summed E-state index contributed by atoms with van der Waals surface area (Å²) in [6.07, 6.45) is 5.02. The molecule has 0 aliphatic heterocycles. The normalized spacial score (nSPS) is 10.2. The summed E-state index contributed by atoms with van der Waals surface area (Å²) >= 11 is 0. The zero-order valence-corrected chi connectivity index (χ0v) is 13.9. The molecule has 1 amide bonds. The lowest BCUT2D eigenvalue weighted by molar-refractivity contribution is -0.119. The van der Waals surface area contributed by atoms with Gasteiger partial charge in [-0.05, 0) is 37.1 Å². The Labute approximate surface area is 136 Å². The molecule has 0 aliphatic rings. The first kappa shape index (κ1) is 18.2. The van der Waals surface area contributed by atoms with Gasteiger partial charge in [-0.2, -0.15) is 0 Å². The molecule has 1 aromatic rings. The first-order valence-electron chi connectivity index (χ1n) is 5.87. The van der Waals surface area contributed by atoms with Gasteiger partial charge in [-0.15, -0.1) is 30.4 Å². The summed E-state index contributed by atoms with van der Waals surface area (Å²) in [5.74, 6) is 2.24. The number of benzene rings is 1. The molecule has 0 saturated carbocycles. The number of aryl methyl sites for hydroxylation is 2. The average molecular weight is 386 g/mol. The van der Waals surface area contributed by atoms with E-state index in [9.17, 15) is 4.79 Å². The number of anilines is 1. The van der Waals surface area contributed by atoms with E-state index in [4.69, 9.17) is 12.2 Å². The number of nitrogens with one attached hydrogen (secondary N) is 2. The van der Waals surface area contributed by atoms with Crippen LogP contribution in [-0.2, 0) is 4.79 Å². The SMILES string of the molecule is C#CCNC(=O)CN=C(N)Nc1ccc(C)c(C)c1.I. The van der Waals surface area contributed by atoms with Gasteiger partial charge in [0.05, 0.1) is 6.54 Å².